The summed E-state index contributed by atoms with van der Waals surface area (Å²) in [6.07, 6.45) is 0. The maximum Gasteiger partial charge on any atom is 0.242 e. The number of carbonyl (C=O) groups excluding carboxylic acids is 1. The normalized spacial score (nSPS) is 12.7. The van der Waals surface area contributed by atoms with E-state index in [2.05, 4.69) is 10.0 Å². The van der Waals surface area contributed by atoms with E-state index in [9.17, 15) is 13.2 Å². The summed E-state index contributed by atoms with van der Waals surface area (Å²) in [6.45, 7) is 1.46. The molecule has 2 N–H and O–H groups in total. The maximum atomic E-state index is 12.2. The van der Waals surface area contributed by atoms with Crippen LogP contribution in [0.4, 0.5) is 5.69 Å². The Bertz CT molecular complexity index is 790. The molecule has 1 amide bonds. The average Bonchev–Trinajstić information content (AvgIpc) is 2.49. The van der Waals surface area contributed by atoms with Crippen LogP contribution in [0.1, 0.15) is 6.92 Å². The predicted molar refractivity (Wildman–Crippen MR) is 91.3 cm³/mol. The molecule has 0 saturated carbocycles. The van der Waals surface area contributed by atoms with Gasteiger partial charge in [-0.2, -0.15) is 4.72 Å². The van der Waals surface area contributed by atoms with Crippen LogP contribution in [0.5, 0.6) is 0 Å². The highest BCUT2D eigenvalue weighted by atomic mass is 35.5. The molecular formula is C15H14Cl2N2O3S. The molecule has 2 rings (SSSR count). The number of rotatable bonds is 5. The number of hydrogen-bond donors (Lipinski definition) is 2. The zero-order valence-electron chi connectivity index (χ0n) is 12.1. The van der Waals surface area contributed by atoms with Gasteiger partial charge in [0, 0.05) is 15.7 Å². The number of benzene rings is 2. The first-order valence-electron chi connectivity index (χ1n) is 6.62. The number of nitrogens with one attached hydrogen (secondary N) is 2. The highest BCUT2D eigenvalue weighted by Gasteiger charge is 2.22. The molecule has 0 fully saturated rings. The molecule has 0 spiro atoms. The highest BCUT2D eigenvalue weighted by Crippen LogP contribution is 2.15. The first-order chi connectivity index (χ1) is 10.8. The van der Waals surface area contributed by atoms with Gasteiger partial charge in [0.2, 0.25) is 15.9 Å². The predicted octanol–water partition coefficient (Wildman–Crippen LogP) is 3.30. The Hall–Kier alpha value is -1.60. The van der Waals surface area contributed by atoms with E-state index in [1.54, 1.807) is 24.3 Å². The first-order valence-corrected chi connectivity index (χ1v) is 8.86. The molecule has 0 aliphatic rings. The van der Waals surface area contributed by atoms with E-state index >= 15 is 0 Å². The minimum atomic E-state index is -3.81. The quantitative estimate of drug-likeness (QED) is 0.845. The standard InChI is InChI=1S/C15H14Cl2N2O3S/c1-10(15(20)18-13-6-2-11(16)3-7-13)19-23(21,22)14-8-4-12(17)5-9-14/h2-10,19H,1H3,(H,18,20)/t10-/m1/s1. The minimum absolute atomic E-state index is 0.0352. The molecule has 0 radical (unpaired) electrons. The average molecular weight is 373 g/mol. The summed E-state index contributed by atoms with van der Waals surface area (Å²) in [5, 5.41) is 3.58. The Balaban J connectivity index is 2.05. The Morgan fingerprint density at radius 3 is 1.96 bits per heavy atom. The van der Waals surface area contributed by atoms with Crippen LogP contribution in [0.3, 0.4) is 0 Å². The Morgan fingerprint density at radius 2 is 1.43 bits per heavy atom. The van der Waals surface area contributed by atoms with Gasteiger partial charge in [0.25, 0.3) is 0 Å². The van der Waals surface area contributed by atoms with Gasteiger partial charge in [-0.25, -0.2) is 8.42 Å². The molecule has 0 saturated heterocycles. The second-order valence-electron chi connectivity index (χ2n) is 4.79. The van der Waals surface area contributed by atoms with Gasteiger partial charge in [0.05, 0.1) is 10.9 Å². The summed E-state index contributed by atoms with van der Waals surface area (Å²) in [5.74, 6) is -0.482. The van der Waals surface area contributed by atoms with E-state index in [1.807, 2.05) is 0 Å². The van der Waals surface area contributed by atoms with E-state index in [-0.39, 0.29) is 4.90 Å². The second-order valence-corrected chi connectivity index (χ2v) is 7.38. The molecule has 2 aromatic rings. The number of anilines is 1. The van der Waals surface area contributed by atoms with E-state index in [4.69, 9.17) is 23.2 Å². The van der Waals surface area contributed by atoms with Crippen molar-refractivity contribution < 1.29 is 13.2 Å². The van der Waals surface area contributed by atoms with Gasteiger partial charge in [-0.15, -0.1) is 0 Å². The summed E-state index contributed by atoms with van der Waals surface area (Å²) in [4.78, 5) is 12.1. The fourth-order valence-electron chi connectivity index (χ4n) is 1.75. The molecule has 5 nitrogen and oxygen atoms in total. The maximum absolute atomic E-state index is 12.2. The van der Waals surface area contributed by atoms with Gasteiger partial charge >= 0.3 is 0 Å². The zero-order chi connectivity index (χ0) is 17.0. The van der Waals surface area contributed by atoms with Gasteiger partial charge in [-0.3, -0.25) is 4.79 Å². The van der Waals surface area contributed by atoms with Gasteiger partial charge < -0.3 is 5.32 Å². The van der Waals surface area contributed by atoms with Crippen molar-refractivity contribution in [2.75, 3.05) is 5.32 Å². The van der Waals surface area contributed by atoms with Crippen molar-refractivity contribution in [1.82, 2.24) is 4.72 Å². The van der Waals surface area contributed by atoms with E-state index < -0.39 is 22.0 Å². The van der Waals surface area contributed by atoms with Crippen LogP contribution in [0.25, 0.3) is 0 Å². The monoisotopic (exact) mass is 372 g/mol. The molecule has 8 heteroatoms. The molecule has 122 valence electrons. The van der Waals surface area contributed by atoms with Crippen molar-refractivity contribution in [3.8, 4) is 0 Å². The van der Waals surface area contributed by atoms with Crippen molar-refractivity contribution in [2.24, 2.45) is 0 Å². The van der Waals surface area contributed by atoms with Crippen molar-refractivity contribution in [3.63, 3.8) is 0 Å². The fourth-order valence-corrected chi connectivity index (χ4v) is 3.21. The SMILES string of the molecule is C[C@@H](NS(=O)(=O)c1ccc(Cl)cc1)C(=O)Nc1ccc(Cl)cc1. The lowest BCUT2D eigenvalue weighted by Gasteiger charge is -2.14. The first kappa shape index (κ1) is 17.7. The number of carbonyl (C=O) groups is 1. The van der Waals surface area contributed by atoms with Crippen molar-refractivity contribution in [3.05, 3.63) is 58.6 Å². The lowest BCUT2D eigenvalue weighted by molar-refractivity contribution is -0.117. The van der Waals surface area contributed by atoms with Crippen LogP contribution < -0.4 is 10.0 Å². The van der Waals surface area contributed by atoms with Crippen molar-refractivity contribution in [2.45, 2.75) is 17.9 Å². The summed E-state index contributed by atoms with van der Waals surface area (Å²) < 4.78 is 26.7. The zero-order valence-corrected chi connectivity index (χ0v) is 14.4. The Kier molecular flexibility index (Phi) is 5.64. The number of hydrogen-bond acceptors (Lipinski definition) is 3. The van der Waals surface area contributed by atoms with Gasteiger partial charge in [0.15, 0.2) is 0 Å². The summed E-state index contributed by atoms with van der Waals surface area (Å²) in [7, 11) is -3.81. The van der Waals surface area contributed by atoms with Crippen molar-refractivity contribution in [1.29, 1.82) is 0 Å². The number of sulfonamides is 1. The van der Waals surface area contributed by atoms with E-state index in [0.717, 1.165) is 0 Å². The lowest BCUT2D eigenvalue weighted by Crippen LogP contribution is -2.41. The molecule has 0 aromatic heterocycles. The molecule has 0 bridgehead atoms. The highest BCUT2D eigenvalue weighted by molar-refractivity contribution is 7.89. The largest absolute Gasteiger partial charge is 0.325 e. The molecule has 0 unspecified atom stereocenters. The van der Waals surface area contributed by atoms with Crippen LogP contribution in [0.15, 0.2) is 53.4 Å². The van der Waals surface area contributed by atoms with Crippen LogP contribution in [-0.4, -0.2) is 20.4 Å². The third kappa shape index (κ3) is 4.94. The molecule has 23 heavy (non-hydrogen) atoms. The number of amides is 1. The second kappa shape index (κ2) is 7.31. The van der Waals surface area contributed by atoms with Gasteiger partial charge in [0.1, 0.15) is 0 Å². The fraction of sp³-hybridized carbons (Fsp3) is 0.133. The topological polar surface area (TPSA) is 75.3 Å². The van der Waals surface area contributed by atoms with Crippen LogP contribution in [-0.2, 0) is 14.8 Å². The molecular weight excluding hydrogens is 359 g/mol. The summed E-state index contributed by atoms with van der Waals surface area (Å²) in [6, 6.07) is 11.2. The van der Waals surface area contributed by atoms with Crippen molar-refractivity contribution >= 4 is 44.8 Å². The van der Waals surface area contributed by atoms with Crippen LogP contribution >= 0.6 is 23.2 Å². The van der Waals surface area contributed by atoms with Gasteiger partial charge in [-0.1, -0.05) is 23.2 Å². The third-order valence-electron chi connectivity index (χ3n) is 2.96. The smallest absolute Gasteiger partial charge is 0.242 e. The molecule has 0 heterocycles. The van der Waals surface area contributed by atoms with Crippen LogP contribution in [0.2, 0.25) is 10.0 Å². The summed E-state index contributed by atoms with van der Waals surface area (Å²) >= 11 is 11.5. The van der Waals surface area contributed by atoms with Gasteiger partial charge in [-0.05, 0) is 55.5 Å². The lowest BCUT2D eigenvalue weighted by atomic mass is 10.3. The Labute approximate surface area is 144 Å². The van der Waals surface area contributed by atoms with E-state index in [0.29, 0.717) is 15.7 Å². The molecule has 2 aromatic carbocycles. The molecule has 0 aliphatic heterocycles. The Morgan fingerprint density at radius 1 is 0.957 bits per heavy atom. The minimum Gasteiger partial charge on any atom is -0.325 e. The summed E-state index contributed by atoms with van der Waals surface area (Å²) in [5.41, 5.74) is 0.525. The van der Waals surface area contributed by atoms with E-state index in [1.165, 1.54) is 31.2 Å². The van der Waals surface area contributed by atoms with Crippen LogP contribution in [0, 0.1) is 0 Å². The molecule has 0 aliphatic carbocycles. The third-order valence-corrected chi connectivity index (χ3v) is 5.02. The number of halogens is 2. The molecule has 1 atom stereocenters.